The molecule has 1 aromatic carbocycles. The topological polar surface area (TPSA) is 38.0 Å². The first kappa shape index (κ1) is 13.7. The van der Waals surface area contributed by atoms with Gasteiger partial charge in [0.2, 0.25) is 0 Å². The van der Waals surface area contributed by atoms with Crippen molar-refractivity contribution < 1.29 is 0 Å². The molecule has 16 heavy (non-hydrogen) atoms. The van der Waals surface area contributed by atoms with Crippen LogP contribution in [0, 0.1) is 12.8 Å². The van der Waals surface area contributed by atoms with E-state index in [1.807, 2.05) is 0 Å². The Morgan fingerprint density at radius 3 is 2.69 bits per heavy atom. The molecule has 0 aliphatic rings. The molecule has 2 atom stereocenters. The summed E-state index contributed by atoms with van der Waals surface area (Å²) in [5, 5.41) is 0. The molecule has 3 N–H and O–H groups in total. The molecule has 0 amide bonds. The Balaban J connectivity index is 2.99. The zero-order valence-corrected chi connectivity index (χ0v) is 11.8. The predicted molar refractivity (Wildman–Crippen MR) is 73.0 cm³/mol. The first-order valence-electron chi connectivity index (χ1n) is 5.83. The molecule has 0 bridgehead atoms. The van der Waals surface area contributed by atoms with Gasteiger partial charge in [-0.1, -0.05) is 48.3 Å². The largest absolute Gasteiger partial charge is 0.271 e. The molecule has 0 heterocycles. The van der Waals surface area contributed by atoms with Crippen molar-refractivity contribution in [2.45, 2.75) is 39.7 Å². The second-order valence-corrected chi connectivity index (χ2v) is 5.22. The molecule has 2 nitrogen and oxygen atoms in total. The van der Waals surface area contributed by atoms with E-state index >= 15 is 0 Å². The smallest absolute Gasteiger partial charge is 0.0488 e. The number of hydrogen-bond donors (Lipinski definition) is 2. The second-order valence-electron chi connectivity index (χ2n) is 4.36. The van der Waals surface area contributed by atoms with Crippen LogP contribution in [-0.2, 0) is 0 Å². The summed E-state index contributed by atoms with van der Waals surface area (Å²) in [6, 6.07) is 6.51. The van der Waals surface area contributed by atoms with Crippen molar-refractivity contribution in [2.75, 3.05) is 0 Å². The summed E-state index contributed by atoms with van der Waals surface area (Å²) < 4.78 is 1.15. The average Bonchev–Trinajstić information content (AvgIpc) is 2.25. The van der Waals surface area contributed by atoms with E-state index in [1.165, 1.54) is 24.0 Å². The van der Waals surface area contributed by atoms with Crippen molar-refractivity contribution in [1.82, 2.24) is 5.43 Å². The minimum absolute atomic E-state index is 0.234. The van der Waals surface area contributed by atoms with Crippen LogP contribution in [0.1, 0.15) is 43.9 Å². The molecule has 0 radical (unpaired) electrons. The van der Waals surface area contributed by atoms with Crippen molar-refractivity contribution in [2.24, 2.45) is 11.8 Å². The number of hydrazine groups is 1. The summed E-state index contributed by atoms with van der Waals surface area (Å²) in [5.41, 5.74) is 5.51. The maximum absolute atomic E-state index is 5.69. The van der Waals surface area contributed by atoms with Crippen molar-refractivity contribution in [3.05, 3.63) is 33.8 Å². The Hall–Kier alpha value is -0.380. The maximum atomic E-state index is 5.69. The maximum Gasteiger partial charge on any atom is 0.0488 e. The molecule has 90 valence electrons. The van der Waals surface area contributed by atoms with Crippen molar-refractivity contribution in [3.8, 4) is 0 Å². The number of hydrogen-bond acceptors (Lipinski definition) is 2. The van der Waals surface area contributed by atoms with Crippen LogP contribution in [0.3, 0.4) is 0 Å². The summed E-state index contributed by atoms with van der Waals surface area (Å²) in [5.74, 6) is 6.23. The highest BCUT2D eigenvalue weighted by Gasteiger charge is 2.19. The molecule has 3 heteroatoms. The van der Waals surface area contributed by atoms with Gasteiger partial charge in [-0.2, -0.15) is 0 Å². The van der Waals surface area contributed by atoms with E-state index in [-0.39, 0.29) is 6.04 Å². The normalized spacial score (nSPS) is 14.8. The van der Waals surface area contributed by atoms with E-state index in [9.17, 15) is 0 Å². The van der Waals surface area contributed by atoms with Gasteiger partial charge in [0.15, 0.2) is 0 Å². The van der Waals surface area contributed by atoms with Crippen LogP contribution in [-0.4, -0.2) is 0 Å². The van der Waals surface area contributed by atoms with Crippen LogP contribution in [0.4, 0.5) is 0 Å². The fraction of sp³-hybridized carbons (Fsp3) is 0.538. The van der Waals surface area contributed by atoms with E-state index in [0.29, 0.717) is 5.92 Å². The Labute approximate surface area is 107 Å². The predicted octanol–water partition coefficient (Wildman–Crippen LogP) is 3.70. The molecule has 0 aromatic heterocycles. The van der Waals surface area contributed by atoms with Crippen LogP contribution in [0.2, 0.25) is 0 Å². The first-order valence-corrected chi connectivity index (χ1v) is 6.62. The van der Waals surface area contributed by atoms with Gasteiger partial charge in [0, 0.05) is 10.5 Å². The van der Waals surface area contributed by atoms with Crippen LogP contribution in [0.15, 0.2) is 22.7 Å². The highest BCUT2D eigenvalue weighted by atomic mass is 79.9. The average molecular weight is 285 g/mol. The lowest BCUT2D eigenvalue weighted by Gasteiger charge is -2.25. The van der Waals surface area contributed by atoms with Crippen LogP contribution in [0.5, 0.6) is 0 Å². The standard InChI is InChI=1S/C13H21BrN2/c1-4-6-9(2)13(16-15)11-7-5-8-12(14)10(11)3/h5,7-9,13,16H,4,6,15H2,1-3H3. The first-order chi connectivity index (χ1) is 7.61. The van der Waals surface area contributed by atoms with E-state index in [2.05, 4.69) is 60.3 Å². The molecular weight excluding hydrogens is 264 g/mol. The molecule has 0 saturated carbocycles. The lowest BCUT2D eigenvalue weighted by atomic mass is 9.89. The number of nitrogens with one attached hydrogen (secondary N) is 1. The van der Waals surface area contributed by atoms with Crippen LogP contribution in [0.25, 0.3) is 0 Å². The molecule has 0 fully saturated rings. The minimum Gasteiger partial charge on any atom is -0.271 e. The van der Waals surface area contributed by atoms with Crippen molar-refractivity contribution in [1.29, 1.82) is 0 Å². The minimum atomic E-state index is 0.234. The summed E-state index contributed by atoms with van der Waals surface area (Å²) >= 11 is 3.56. The lowest BCUT2D eigenvalue weighted by molar-refractivity contribution is 0.367. The third kappa shape index (κ3) is 3.06. The van der Waals surface area contributed by atoms with Gasteiger partial charge in [0.1, 0.15) is 0 Å². The van der Waals surface area contributed by atoms with Crippen molar-refractivity contribution >= 4 is 15.9 Å². The summed E-state index contributed by atoms with van der Waals surface area (Å²) in [6.07, 6.45) is 2.37. The fourth-order valence-corrected chi connectivity index (χ4v) is 2.53. The van der Waals surface area contributed by atoms with E-state index in [0.717, 1.165) is 4.47 Å². The van der Waals surface area contributed by atoms with E-state index in [4.69, 9.17) is 5.84 Å². The number of halogens is 1. The summed E-state index contributed by atoms with van der Waals surface area (Å²) in [4.78, 5) is 0. The van der Waals surface area contributed by atoms with Gasteiger partial charge in [-0.15, -0.1) is 0 Å². The SMILES string of the molecule is CCCC(C)C(NN)c1cccc(Br)c1C. The monoisotopic (exact) mass is 284 g/mol. The van der Waals surface area contributed by atoms with E-state index in [1.54, 1.807) is 0 Å². The summed E-state index contributed by atoms with van der Waals surface area (Å²) in [6.45, 7) is 6.58. The molecular formula is C13H21BrN2. The molecule has 2 unspecified atom stereocenters. The fourth-order valence-electron chi connectivity index (χ4n) is 2.14. The number of benzene rings is 1. The Kier molecular flexibility index (Phi) is 5.46. The van der Waals surface area contributed by atoms with Gasteiger partial charge in [-0.05, 0) is 36.5 Å². The second kappa shape index (κ2) is 6.38. The van der Waals surface area contributed by atoms with E-state index < -0.39 is 0 Å². The number of rotatable bonds is 5. The highest BCUT2D eigenvalue weighted by molar-refractivity contribution is 9.10. The molecule has 0 spiro atoms. The molecule has 1 rings (SSSR count). The third-order valence-electron chi connectivity index (χ3n) is 3.14. The van der Waals surface area contributed by atoms with Crippen molar-refractivity contribution in [3.63, 3.8) is 0 Å². The Morgan fingerprint density at radius 2 is 2.12 bits per heavy atom. The third-order valence-corrected chi connectivity index (χ3v) is 4.00. The van der Waals surface area contributed by atoms with Gasteiger partial charge >= 0.3 is 0 Å². The van der Waals surface area contributed by atoms with Gasteiger partial charge in [-0.3, -0.25) is 11.3 Å². The zero-order chi connectivity index (χ0) is 12.1. The Bertz CT molecular complexity index is 339. The highest BCUT2D eigenvalue weighted by Crippen LogP contribution is 2.30. The zero-order valence-electron chi connectivity index (χ0n) is 10.3. The molecule has 0 saturated heterocycles. The van der Waals surface area contributed by atoms with Gasteiger partial charge in [0.25, 0.3) is 0 Å². The lowest BCUT2D eigenvalue weighted by Crippen LogP contribution is -2.33. The van der Waals surface area contributed by atoms with Gasteiger partial charge in [-0.25, -0.2) is 0 Å². The molecule has 0 aliphatic heterocycles. The summed E-state index contributed by atoms with van der Waals surface area (Å²) in [7, 11) is 0. The molecule has 0 aliphatic carbocycles. The quantitative estimate of drug-likeness (QED) is 0.639. The van der Waals surface area contributed by atoms with Gasteiger partial charge < -0.3 is 0 Å². The van der Waals surface area contributed by atoms with Crippen LogP contribution < -0.4 is 11.3 Å². The molecule has 1 aromatic rings. The van der Waals surface area contributed by atoms with Gasteiger partial charge in [0.05, 0.1) is 0 Å². The number of nitrogens with two attached hydrogens (primary N) is 1. The van der Waals surface area contributed by atoms with Crippen LogP contribution >= 0.6 is 15.9 Å². The Morgan fingerprint density at radius 1 is 1.44 bits per heavy atom.